The average Bonchev–Trinajstić information content (AvgIpc) is 2.64. The molecule has 2 N–H and O–H groups in total. The summed E-state index contributed by atoms with van der Waals surface area (Å²) in [4.78, 5) is 11.9. The molecule has 0 aliphatic carbocycles. The lowest BCUT2D eigenvalue weighted by atomic mass is 9.85. The smallest absolute Gasteiger partial charge is 0.259 e. The van der Waals surface area contributed by atoms with Crippen molar-refractivity contribution in [1.82, 2.24) is 5.32 Å². The zero-order chi connectivity index (χ0) is 21.0. The van der Waals surface area contributed by atoms with Crippen LogP contribution in [0.25, 0.3) is 17.2 Å². The maximum atomic E-state index is 11.9. The number of hydrogen-bond donors (Lipinski definition) is 2. The summed E-state index contributed by atoms with van der Waals surface area (Å²) in [5, 5.41) is 14.3. The van der Waals surface area contributed by atoms with Gasteiger partial charge in [-0.3, -0.25) is 10.1 Å². The molecular formula is C24H29N3O. The van der Waals surface area contributed by atoms with Crippen LogP contribution in [0.4, 0.5) is 5.69 Å². The molecule has 2 aromatic rings. The third-order valence-electron chi connectivity index (χ3n) is 5.20. The van der Waals surface area contributed by atoms with Gasteiger partial charge in [0.2, 0.25) is 0 Å². The predicted molar refractivity (Wildman–Crippen MR) is 117 cm³/mol. The van der Waals surface area contributed by atoms with E-state index in [2.05, 4.69) is 76.4 Å². The van der Waals surface area contributed by atoms with E-state index in [0.29, 0.717) is 11.6 Å². The zero-order valence-corrected chi connectivity index (χ0v) is 17.8. The van der Waals surface area contributed by atoms with Crippen LogP contribution < -0.4 is 10.6 Å². The van der Waals surface area contributed by atoms with Gasteiger partial charge >= 0.3 is 0 Å². The van der Waals surface area contributed by atoms with E-state index in [1.54, 1.807) is 13.1 Å². The van der Waals surface area contributed by atoms with Crippen molar-refractivity contribution in [1.29, 1.82) is 5.26 Å². The standard InChI is InChI=1S/C24H29N3O/c1-14(2)27-21-10-8-20(9-11-21)23-18(6)16(4)22(17(5)19(23)7)12-15(3)24(28)26-13-25/h8-12,14,27H,1-7H3,(H,26,28). The lowest BCUT2D eigenvalue weighted by Gasteiger charge is -2.20. The molecule has 0 aromatic heterocycles. The summed E-state index contributed by atoms with van der Waals surface area (Å²) < 4.78 is 0. The number of carbonyl (C=O) groups excluding carboxylic acids is 1. The molecule has 0 radical (unpaired) electrons. The minimum atomic E-state index is -0.367. The van der Waals surface area contributed by atoms with Crippen molar-refractivity contribution in [2.75, 3.05) is 5.32 Å². The van der Waals surface area contributed by atoms with Crippen molar-refractivity contribution in [3.05, 3.63) is 57.7 Å². The van der Waals surface area contributed by atoms with E-state index in [1.165, 1.54) is 22.3 Å². The average molecular weight is 376 g/mol. The molecule has 2 rings (SSSR count). The van der Waals surface area contributed by atoms with Crippen LogP contribution in [0.5, 0.6) is 0 Å². The quantitative estimate of drug-likeness (QED) is 0.417. The van der Waals surface area contributed by atoms with Gasteiger partial charge in [-0.05, 0) is 106 Å². The van der Waals surface area contributed by atoms with E-state index in [4.69, 9.17) is 5.26 Å². The summed E-state index contributed by atoms with van der Waals surface area (Å²) in [6.07, 6.45) is 3.56. The summed E-state index contributed by atoms with van der Waals surface area (Å²) in [6, 6.07) is 8.93. The Morgan fingerprint density at radius 1 is 1.00 bits per heavy atom. The molecule has 0 aliphatic rings. The van der Waals surface area contributed by atoms with Gasteiger partial charge < -0.3 is 5.32 Å². The molecule has 0 bridgehead atoms. The maximum Gasteiger partial charge on any atom is 0.259 e. The van der Waals surface area contributed by atoms with Crippen LogP contribution in [0.3, 0.4) is 0 Å². The number of benzene rings is 2. The summed E-state index contributed by atoms with van der Waals surface area (Å²) in [5.74, 6) is -0.367. The normalized spacial score (nSPS) is 11.3. The van der Waals surface area contributed by atoms with Gasteiger partial charge in [0.15, 0.2) is 6.19 Å². The fraction of sp³-hybridized carbons (Fsp3) is 0.333. The monoisotopic (exact) mass is 375 g/mol. The van der Waals surface area contributed by atoms with E-state index in [1.807, 2.05) is 6.08 Å². The Morgan fingerprint density at radius 2 is 1.54 bits per heavy atom. The van der Waals surface area contributed by atoms with Crippen LogP contribution in [0.15, 0.2) is 29.8 Å². The number of hydrogen-bond acceptors (Lipinski definition) is 3. The first kappa shape index (κ1) is 21.2. The largest absolute Gasteiger partial charge is 0.383 e. The van der Waals surface area contributed by atoms with Gasteiger partial charge in [-0.2, -0.15) is 5.26 Å². The number of nitrogens with one attached hydrogen (secondary N) is 2. The van der Waals surface area contributed by atoms with Crippen molar-refractivity contribution in [3.8, 4) is 17.3 Å². The van der Waals surface area contributed by atoms with Gasteiger partial charge in [-0.1, -0.05) is 12.1 Å². The van der Waals surface area contributed by atoms with Crippen LogP contribution in [-0.4, -0.2) is 11.9 Å². The second-order valence-corrected chi connectivity index (χ2v) is 7.56. The molecule has 0 fully saturated rings. The Bertz CT molecular complexity index is 932. The van der Waals surface area contributed by atoms with Gasteiger partial charge in [0.25, 0.3) is 5.91 Å². The third-order valence-corrected chi connectivity index (χ3v) is 5.20. The third kappa shape index (κ3) is 4.43. The van der Waals surface area contributed by atoms with Crippen molar-refractivity contribution in [3.63, 3.8) is 0 Å². The molecule has 1 amide bonds. The first-order chi connectivity index (χ1) is 13.2. The van der Waals surface area contributed by atoms with E-state index in [0.717, 1.165) is 22.4 Å². The molecule has 4 heteroatoms. The molecule has 2 aromatic carbocycles. The van der Waals surface area contributed by atoms with Crippen LogP contribution in [0, 0.1) is 39.1 Å². The summed E-state index contributed by atoms with van der Waals surface area (Å²) >= 11 is 0. The lowest BCUT2D eigenvalue weighted by molar-refractivity contribution is -0.116. The van der Waals surface area contributed by atoms with Gasteiger partial charge in [0.05, 0.1) is 0 Å². The number of carbonyl (C=O) groups is 1. The molecule has 0 atom stereocenters. The van der Waals surface area contributed by atoms with Crippen LogP contribution >= 0.6 is 0 Å². The van der Waals surface area contributed by atoms with Crippen LogP contribution in [0.1, 0.15) is 48.6 Å². The highest BCUT2D eigenvalue weighted by atomic mass is 16.1. The number of nitriles is 1. The van der Waals surface area contributed by atoms with E-state index >= 15 is 0 Å². The fourth-order valence-electron chi connectivity index (χ4n) is 3.49. The molecular weight excluding hydrogens is 346 g/mol. The van der Waals surface area contributed by atoms with Gasteiger partial charge in [0.1, 0.15) is 0 Å². The van der Waals surface area contributed by atoms with E-state index in [9.17, 15) is 4.79 Å². The second kappa shape index (κ2) is 8.75. The van der Waals surface area contributed by atoms with Gasteiger partial charge in [-0.25, -0.2) is 0 Å². The van der Waals surface area contributed by atoms with E-state index in [-0.39, 0.29) is 5.91 Å². The van der Waals surface area contributed by atoms with Gasteiger partial charge in [0, 0.05) is 17.3 Å². The minimum absolute atomic E-state index is 0.367. The Labute approximate surface area is 168 Å². The Morgan fingerprint density at radius 3 is 2.00 bits per heavy atom. The number of rotatable bonds is 5. The number of anilines is 1. The molecule has 146 valence electrons. The Kier molecular flexibility index (Phi) is 6.64. The highest BCUT2D eigenvalue weighted by molar-refractivity contribution is 5.98. The van der Waals surface area contributed by atoms with Crippen molar-refractivity contribution >= 4 is 17.7 Å². The maximum absolute atomic E-state index is 11.9. The summed E-state index contributed by atoms with van der Waals surface area (Å²) in [5.41, 5.74) is 9.79. The predicted octanol–water partition coefficient (Wildman–Crippen LogP) is 5.41. The molecule has 0 aliphatic heterocycles. The first-order valence-electron chi connectivity index (χ1n) is 9.52. The summed E-state index contributed by atoms with van der Waals surface area (Å²) in [7, 11) is 0. The number of nitrogens with zero attached hydrogens (tertiary/aromatic N) is 1. The van der Waals surface area contributed by atoms with Crippen LogP contribution in [-0.2, 0) is 4.79 Å². The Balaban J connectivity index is 2.54. The fourth-order valence-corrected chi connectivity index (χ4v) is 3.49. The highest BCUT2D eigenvalue weighted by Gasteiger charge is 2.16. The van der Waals surface area contributed by atoms with E-state index < -0.39 is 0 Å². The Hall–Kier alpha value is -3.06. The minimum Gasteiger partial charge on any atom is -0.383 e. The van der Waals surface area contributed by atoms with Crippen molar-refractivity contribution in [2.45, 2.75) is 54.5 Å². The molecule has 0 unspecified atom stereocenters. The molecule has 0 heterocycles. The molecule has 4 nitrogen and oxygen atoms in total. The first-order valence-corrected chi connectivity index (χ1v) is 9.52. The molecule has 28 heavy (non-hydrogen) atoms. The zero-order valence-electron chi connectivity index (χ0n) is 17.8. The molecule has 0 spiro atoms. The topological polar surface area (TPSA) is 64.9 Å². The second-order valence-electron chi connectivity index (χ2n) is 7.56. The molecule has 0 saturated heterocycles. The molecule has 0 saturated carbocycles. The van der Waals surface area contributed by atoms with Crippen LogP contribution in [0.2, 0.25) is 0 Å². The number of amides is 1. The van der Waals surface area contributed by atoms with Crippen molar-refractivity contribution < 1.29 is 4.79 Å². The highest BCUT2D eigenvalue weighted by Crippen LogP contribution is 2.35. The van der Waals surface area contributed by atoms with Gasteiger partial charge in [-0.15, -0.1) is 0 Å². The summed E-state index contributed by atoms with van der Waals surface area (Å²) in [6.45, 7) is 14.4. The van der Waals surface area contributed by atoms with Crippen molar-refractivity contribution in [2.24, 2.45) is 0 Å². The lowest BCUT2D eigenvalue weighted by Crippen LogP contribution is -2.18. The SMILES string of the molecule is CC(=Cc1c(C)c(C)c(-c2ccc(NC(C)C)cc2)c(C)c1C)C(=O)NC#N.